The molecule has 0 amide bonds. The smallest absolute Gasteiger partial charge is 0.173 e. The zero-order chi connectivity index (χ0) is 15.4. The normalized spacial score (nSPS) is 12.2. The molecule has 0 radical (unpaired) electrons. The molecule has 1 aromatic heterocycles. The van der Waals surface area contributed by atoms with E-state index >= 15 is 0 Å². The number of hydrogen-bond acceptors (Lipinski definition) is 3. The Labute approximate surface area is 130 Å². The molecule has 112 valence electrons. The quantitative estimate of drug-likeness (QED) is 0.826. The summed E-state index contributed by atoms with van der Waals surface area (Å²) in [5.74, 6) is -1.16. The second kappa shape index (κ2) is 6.95. The predicted molar refractivity (Wildman–Crippen MR) is 80.4 cm³/mol. The van der Waals surface area contributed by atoms with Crippen LogP contribution in [0.25, 0.3) is 0 Å². The lowest BCUT2D eigenvalue weighted by atomic mass is 10.00. The van der Waals surface area contributed by atoms with Crippen molar-refractivity contribution in [2.24, 2.45) is 0 Å². The van der Waals surface area contributed by atoms with Crippen molar-refractivity contribution in [2.45, 2.75) is 13.0 Å². The summed E-state index contributed by atoms with van der Waals surface area (Å²) in [6, 6.07) is 4.14. The summed E-state index contributed by atoms with van der Waals surface area (Å²) in [7, 11) is 1.74. The predicted octanol–water partition coefficient (Wildman–Crippen LogP) is 3.83. The van der Waals surface area contributed by atoms with Gasteiger partial charge in [0.25, 0.3) is 0 Å². The Morgan fingerprint density at radius 2 is 2.10 bits per heavy atom. The molecule has 0 aliphatic heterocycles. The third kappa shape index (κ3) is 3.39. The number of pyridine rings is 1. The Kier molecular flexibility index (Phi) is 5.25. The highest BCUT2D eigenvalue weighted by Gasteiger charge is 2.20. The average molecular weight is 357 g/mol. The van der Waals surface area contributed by atoms with E-state index in [9.17, 15) is 8.78 Å². The number of rotatable bonds is 5. The summed E-state index contributed by atoms with van der Waals surface area (Å²) in [4.78, 5) is 4.12. The van der Waals surface area contributed by atoms with Crippen LogP contribution in [0.1, 0.15) is 24.1 Å². The van der Waals surface area contributed by atoms with Gasteiger partial charge in [-0.15, -0.1) is 0 Å². The van der Waals surface area contributed by atoms with E-state index in [1.807, 2.05) is 13.0 Å². The van der Waals surface area contributed by atoms with E-state index in [0.29, 0.717) is 17.9 Å². The van der Waals surface area contributed by atoms with E-state index in [0.717, 1.165) is 11.6 Å². The summed E-state index contributed by atoms with van der Waals surface area (Å²) in [5, 5.41) is 3.08. The number of ether oxygens (including phenoxy) is 1. The molecule has 0 saturated carbocycles. The van der Waals surface area contributed by atoms with Crippen molar-refractivity contribution in [2.75, 3.05) is 13.7 Å². The lowest BCUT2D eigenvalue weighted by Gasteiger charge is -2.19. The highest BCUT2D eigenvalue weighted by molar-refractivity contribution is 9.10. The summed E-state index contributed by atoms with van der Waals surface area (Å²) in [6.07, 6.45) is 3.28. The molecule has 1 N–H and O–H groups in total. The molecule has 0 fully saturated rings. The maximum Gasteiger partial charge on any atom is 0.173 e. The van der Waals surface area contributed by atoms with Crippen molar-refractivity contribution < 1.29 is 13.5 Å². The Morgan fingerprint density at radius 3 is 2.76 bits per heavy atom. The lowest BCUT2D eigenvalue weighted by molar-refractivity contribution is 0.338. The van der Waals surface area contributed by atoms with Gasteiger partial charge in [0.2, 0.25) is 0 Å². The molecule has 3 nitrogen and oxygen atoms in total. The highest BCUT2D eigenvalue weighted by Crippen LogP contribution is 2.32. The van der Waals surface area contributed by atoms with Crippen LogP contribution in [-0.4, -0.2) is 18.6 Å². The van der Waals surface area contributed by atoms with Gasteiger partial charge in [0, 0.05) is 6.20 Å². The molecule has 0 bridgehead atoms. The third-order valence-corrected chi connectivity index (χ3v) is 3.85. The van der Waals surface area contributed by atoms with Crippen LogP contribution in [-0.2, 0) is 0 Å². The van der Waals surface area contributed by atoms with Gasteiger partial charge in [-0.2, -0.15) is 0 Å². The van der Waals surface area contributed by atoms with Crippen molar-refractivity contribution in [3.63, 3.8) is 0 Å². The zero-order valence-corrected chi connectivity index (χ0v) is 13.2. The van der Waals surface area contributed by atoms with Gasteiger partial charge >= 0.3 is 0 Å². The first-order valence-electron chi connectivity index (χ1n) is 6.46. The fraction of sp³-hybridized carbons (Fsp3) is 0.267. The Balaban J connectivity index is 2.44. The van der Waals surface area contributed by atoms with Gasteiger partial charge in [0.05, 0.1) is 23.3 Å². The van der Waals surface area contributed by atoms with Gasteiger partial charge in [0.15, 0.2) is 11.6 Å². The summed E-state index contributed by atoms with van der Waals surface area (Å²) < 4.78 is 32.5. The van der Waals surface area contributed by atoms with Crippen LogP contribution in [0.2, 0.25) is 0 Å². The van der Waals surface area contributed by atoms with Gasteiger partial charge in [-0.25, -0.2) is 8.78 Å². The van der Waals surface area contributed by atoms with Crippen molar-refractivity contribution in [3.05, 3.63) is 57.8 Å². The molecule has 0 saturated heterocycles. The van der Waals surface area contributed by atoms with Crippen molar-refractivity contribution >= 4 is 15.9 Å². The minimum absolute atomic E-state index is 0.101. The van der Waals surface area contributed by atoms with Crippen molar-refractivity contribution in [1.82, 2.24) is 10.3 Å². The van der Waals surface area contributed by atoms with Crippen molar-refractivity contribution in [1.29, 1.82) is 0 Å². The molecule has 1 atom stereocenters. The molecule has 21 heavy (non-hydrogen) atoms. The molecule has 0 spiro atoms. The third-order valence-electron chi connectivity index (χ3n) is 3.04. The van der Waals surface area contributed by atoms with Crippen molar-refractivity contribution in [3.8, 4) is 5.75 Å². The SMILES string of the molecule is CCOc1cncc(C(NC)c2ccc(F)c(F)c2Br)c1. The van der Waals surface area contributed by atoms with Crippen LogP contribution >= 0.6 is 15.9 Å². The molecule has 2 aromatic rings. The van der Waals surface area contributed by atoms with Gasteiger partial charge < -0.3 is 10.1 Å². The minimum atomic E-state index is -0.901. The molecular formula is C15H15BrF2N2O. The van der Waals surface area contributed by atoms with E-state index in [1.54, 1.807) is 19.4 Å². The molecule has 0 aliphatic rings. The van der Waals surface area contributed by atoms with Crippen LogP contribution in [0.3, 0.4) is 0 Å². The van der Waals surface area contributed by atoms with E-state index in [1.165, 1.54) is 6.07 Å². The number of nitrogens with one attached hydrogen (secondary N) is 1. The van der Waals surface area contributed by atoms with E-state index < -0.39 is 11.6 Å². The second-order valence-electron chi connectivity index (χ2n) is 4.37. The summed E-state index contributed by atoms with van der Waals surface area (Å²) in [5.41, 5.74) is 1.39. The molecule has 1 unspecified atom stereocenters. The first-order valence-corrected chi connectivity index (χ1v) is 7.26. The molecule has 1 heterocycles. The Morgan fingerprint density at radius 1 is 1.33 bits per heavy atom. The topological polar surface area (TPSA) is 34.1 Å². The fourth-order valence-corrected chi connectivity index (χ4v) is 2.66. The number of nitrogens with zero attached hydrogens (tertiary/aromatic N) is 1. The summed E-state index contributed by atoms with van der Waals surface area (Å²) in [6.45, 7) is 2.42. The first-order chi connectivity index (χ1) is 10.1. The Hall–Kier alpha value is -1.53. The number of hydrogen-bond donors (Lipinski definition) is 1. The molecule has 2 rings (SSSR count). The van der Waals surface area contributed by atoms with Gasteiger partial charge in [0.1, 0.15) is 5.75 Å². The number of benzene rings is 1. The van der Waals surface area contributed by atoms with Crippen LogP contribution in [0, 0.1) is 11.6 Å². The maximum absolute atomic E-state index is 13.7. The average Bonchev–Trinajstić information content (AvgIpc) is 2.49. The molecule has 0 aliphatic carbocycles. The molecule has 1 aromatic carbocycles. The monoisotopic (exact) mass is 356 g/mol. The Bertz CT molecular complexity index is 637. The van der Waals surface area contributed by atoms with Crippen LogP contribution in [0.15, 0.2) is 35.1 Å². The van der Waals surface area contributed by atoms with E-state index in [-0.39, 0.29) is 10.5 Å². The second-order valence-corrected chi connectivity index (χ2v) is 5.17. The van der Waals surface area contributed by atoms with Crippen LogP contribution < -0.4 is 10.1 Å². The number of halogens is 3. The summed E-state index contributed by atoms with van der Waals surface area (Å²) >= 11 is 3.11. The lowest BCUT2D eigenvalue weighted by Crippen LogP contribution is -2.19. The van der Waals surface area contributed by atoms with Crippen LogP contribution in [0.4, 0.5) is 8.78 Å². The highest BCUT2D eigenvalue weighted by atomic mass is 79.9. The van der Waals surface area contributed by atoms with Gasteiger partial charge in [-0.1, -0.05) is 6.07 Å². The minimum Gasteiger partial charge on any atom is -0.492 e. The fourth-order valence-electron chi connectivity index (χ4n) is 2.10. The molecule has 6 heteroatoms. The standard InChI is InChI=1S/C15H15BrF2N2O/c1-3-21-10-6-9(7-20-8-10)15(19-2)11-4-5-12(17)14(18)13(11)16/h4-8,15,19H,3H2,1-2H3. The van der Waals surface area contributed by atoms with Gasteiger partial charge in [-0.05, 0) is 53.2 Å². The van der Waals surface area contributed by atoms with E-state index in [2.05, 4.69) is 26.2 Å². The zero-order valence-electron chi connectivity index (χ0n) is 11.7. The molecular weight excluding hydrogens is 342 g/mol. The van der Waals surface area contributed by atoms with Crippen LogP contribution in [0.5, 0.6) is 5.75 Å². The number of aromatic nitrogens is 1. The van der Waals surface area contributed by atoms with Gasteiger partial charge in [-0.3, -0.25) is 4.98 Å². The first kappa shape index (κ1) is 15.9. The largest absolute Gasteiger partial charge is 0.492 e. The maximum atomic E-state index is 13.7. The van der Waals surface area contributed by atoms with E-state index in [4.69, 9.17) is 4.74 Å².